The van der Waals surface area contributed by atoms with E-state index in [2.05, 4.69) is 10.6 Å². The van der Waals surface area contributed by atoms with Crippen LogP contribution in [0.1, 0.15) is 59.5 Å². The van der Waals surface area contributed by atoms with E-state index in [1.54, 1.807) is 0 Å². The maximum absolute atomic E-state index is 13.5. The predicted molar refractivity (Wildman–Crippen MR) is 137 cm³/mol. The van der Waals surface area contributed by atoms with Crippen molar-refractivity contribution in [2.75, 3.05) is 32.5 Å². The number of fused-ring (bicyclic) bond motifs is 1. The molecule has 0 radical (unpaired) electrons. The van der Waals surface area contributed by atoms with Gasteiger partial charge < -0.3 is 25.7 Å². The van der Waals surface area contributed by atoms with Crippen LogP contribution >= 0.6 is 0 Å². The van der Waals surface area contributed by atoms with E-state index >= 15 is 0 Å². The van der Waals surface area contributed by atoms with Crippen molar-refractivity contribution in [1.82, 2.24) is 10.2 Å². The molecule has 2 amide bonds. The standard InChI is InChI=1S/C27H29N3O6/c1-5-16-8-6-7-15(2)23(16)29-25(32)18-10-9-17(24(31)28-13-14-30(3)4)21-19(26(33)34)11-12-20(22(18)21)27(35)36/h6-12H,5,13-14H2,1-4H3,(H,28,31)(H,29,32)(H,33,34)(H,35,36). The largest absolute Gasteiger partial charge is 0.478 e. The zero-order valence-corrected chi connectivity index (χ0v) is 20.6. The fourth-order valence-electron chi connectivity index (χ4n) is 4.10. The van der Waals surface area contributed by atoms with Gasteiger partial charge in [-0.1, -0.05) is 25.1 Å². The van der Waals surface area contributed by atoms with Gasteiger partial charge in [0.1, 0.15) is 0 Å². The van der Waals surface area contributed by atoms with E-state index in [0.717, 1.165) is 23.3 Å². The van der Waals surface area contributed by atoms with Crippen LogP contribution < -0.4 is 10.6 Å². The Bertz CT molecular complexity index is 1360. The zero-order valence-electron chi connectivity index (χ0n) is 20.6. The van der Waals surface area contributed by atoms with Crippen LogP contribution in [0.5, 0.6) is 0 Å². The molecule has 0 aliphatic carbocycles. The number of nitrogens with one attached hydrogen (secondary N) is 2. The SMILES string of the molecule is CCc1cccc(C)c1NC(=O)c1ccc(C(=O)NCCN(C)C)c2c(C(=O)O)ccc(C(=O)O)c12. The van der Waals surface area contributed by atoms with Crippen molar-refractivity contribution in [3.63, 3.8) is 0 Å². The minimum atomic E-state index is -1.35. The van der Waals surface area contributed by atoms with Gasteiger partial charge in [-0.15, -0.1) is 0 Å². The first-order valence-electron chi connectivity index (χ1n) is 11.5. The number of carboxylic acids is 2. The fraction of sp³-hybridized carbons (Fsp3) is 0.259. The molecule has 3 aromatic carbocycles. The molecule has 0 saturated heterocycles. The molecule has 9 heteroatoms. The van der Waals surface area contributed by atoms with Crippen molar-refractivity contribution >= 4 is 40.2 Å². The van der Waals surface area contributed by atoms with E-state index in [9.17, 15) is 29.4 Å². The Morgan fingerprint density at radius 3 is 1.83 bits per heavy atom. The Balaban J connectivity index is 2.24. The molecule has 0 aromatic heterocycles. The summed E-state index contributed by atoms with van der Waals surface area (Å²) in [6, 6.07) is 10.6. The first-order chi connectivity index (χ1) is 17.1. The number of carboxylic acid groups (broad SMARTS) is 2. The summed E-state index contributed by atoms with van der Waals surface area (Å²) in [6.45, 7) is 4.64. The van der Waals surface area contributed by atoms with Gasteiger partial charge in [-0.3, -0.25) is 9.59 Å². The van der Waals surface area contributed by atoms with Crippen molar-refractivity contribution < 1.29 is 29.4 Å². The van der Waals surface area contributed by atoms with Crippen LogP contribution in [0.3, 0.4) is 0 Å². The molecule has 0 spiro atoms. The first kappa shape index (κ1) is 26.4. The number of amides is 2. The summed E-state index contributed by atoms with van der Waals surface area (Å²) in [7, 11) is 3.68. The number of likely N-dealkylation sites (N-methyl/N-ethyl adjacent to an activating group) is 1. The van der Waals surface area contributed by atoms with E-state index in [-0.39, 0.29) is 33.0 Å². The van der Waals surface area contributed by atoms with Gasteiger partial charge in [0.15, 0.2) is 0 Å². The lowest BCUT2D eigenvalue weighted by atomic mass is 9.90. The van der Waals surface area contributed by atoms with Gasteiger partial charge in [0.25, 0.3) is 11.8 Å². The van der Waals surface area contributed by atoms with Crippen molar-refractivity contribution in [2.45, 2.75) is 20.3 Å². The van der Waals surface area contributed by atoms with Crippen molar-refractivity contribution in [1.29, 1.82) is 0 Å². The van der Waals surface area contributed by atoms with E-state index in [1.807, 2.05) is 51.0 Å². The lowest BCUT2D eigenvalue weighted by molar-refractivity contribution is 0.0684. The Morgan fingerprint density at radius 1 is 0.806 bits per heavy atom. The van der Waals surface area contributed by atoms with Gasteiger partial charge in [0, 0.05) is 40.7 Å². The minimum absolute atomic E-state index is 0.0223. The third-order valence-corrected chi connectivity index (χ3v) is 5.93. The molecule has 0 fully saturated rings. The molecule has 188 valence electrons. The highest BCUT2D eigenvalue weighted by atomic mass is 16.4. The monoisotopic (exact) mass is 491 g/mol. The second-order valence-corrected chi connectivity index (χ2v) is 8.66. The number of para-hydroxylation sites is 1. The molecule has 4 N–H and O–H groups in total. The molecule has 0 aliphatic heterocycles. The van der Waals surface area contributed by atoms with Crippen LogP contribution in [0.25, 0.3) is 10.8 Å². The number of rotatable bonds is 9. The molecule has 3 rings (SSSR count). The Kier molecular flexibility index (Phi) is 8.06. The van der Waals surface area contributed by atoms with E-state index in [4.69, 9.17) is 0 Å². The summed E-state index contributed by atoms with van der Waals surface area (Å²) >= 11 is 0. The third kappa shape index (κ3) is 5.36. The topological polar surface area (TPSA) is 136 Å². The van der Waals surface area contributed by atoms with Crippen LogP contribution in [0.4, 0.5) is 5.69 Å². The number of hydrogen-bond acceptors (Lipinski definition) is 5. The number of benzene rings is 3. The minimum Gasteiger partial charge on any atom is -0.478 e. The quantitative estimate of drug-likeness (QED) is 0.359. The zero-order chi connectivity index (χ0) is 26.6. The average Bonchev–Trinajstić information content (AvgIpc) is 2.83. The summed E-state index contributed by atoms with van der Waals surface area (Å²) in [6.07, 6.45) is 0.660. The molecular formula is C27H29N3O6. The summed E-state index contributed by atoms with van der Waals surface area (Å²) in [4.78, 5) is 52.6. The van der Waals surface area contributed by atoms with E-state index in [0.29, 0.717) is 25.2 Å². The smallest absolute Gasteiger partial charge is 0.336 e. The number of carbonyl (C=O) groups excluding carboxylic acids is 2. The van der Waals surface area contributed by atoms with Crippen molar-refractivity contribution in [2.24, 2.45) is 0 Å². The molecule has 0 saturated carbocycles. The van der Waals surface area contributed by atoms with Gasteiger partial charge >= 0.3 is 11.9 Å². The molecular weight excluding hydrogens is 462 g/mol. The highest BCUT2D eigenvalue weighted by Crippen LogP contribution is 2.32. The number of carbonyl (C=O) groups is 4. The van der Waals surface area contributed by atoms with Crippen LogP contribution in [0.15, 0.2) is 42.5 Å². The van der Waals surface area contributed by atoms with Crippen molar-refractivity contribution in [3.8, 4) is 0 Å². The third-order valence-electron chi connectivity index (χ3n) is 5.93. The van der Waals surface area contributed by atoms with Crippen LogP contribution in [0, 0.1) is 6.92 Å². The van der Waals surface area contributed by atoms with E-state index < -0.39 is 23.8 Å². The highest BCUT2D eigenvalue weighted by Gasteiger charge is 2.26. The molecule has 0 atom stereocenters. The molecule has 0 bridgehead atoms. The Morgan fingerprint density at radius 2 is 1.33 bits per heavy atom. The number of anilines is 1. The predicted octanol–water partition coefficient (Wildman–Crippen LogP) is 3.65. The second-order valence-electron chi connectivity index (χ2n) is 8.66. The summed E-state index contributed by atoms with van der Waals surface area (Å²) < 4.78 is 0. The molecule has 36 heavy (non-hydrogen) atoms. The van der Waals surface area contributed by atoms with Crippen molar-refractivity contribution in [3.05, 3.63) is 75.8 Å². The van der Waals surface area contributed by atoms with Crippen LogP contribution in [-0.4, -0.2) is 66.1 Å². The number of aromatic carboxylic acids is 2. The van der Waals surface area contributed by atoms with Crippen LogP contribution in [-0.2, 0) is 6.42 Å². The maximum Gasteiger partial charge on any atom is 0.336 e. The molecule has 0 heterocycles. The number of aryl methyl sites for hydroxylation is 2. The Hall–Kier alpha value is -4.24. The normalized spacial score (nSPS) is 10.9. The molecule has 0 unspecified atom stereocenters. The average molecular weight is 492 g/mol. The van der Waals surface area contributed by atoms with Gasteiger partial charge in [-0.25, -0.2) is 9.59 Å². The molecule has 9 nitrogen and oxygen atoms in total. The fourth-order valence-corrected chi connectivity index (χ4v) is 4.10. The summed E-state index contributed by atoms with van der Waals surface area (Å²) in [5.41, 5.74) is 1.72. The van der Waals surface area contributed by atoms with Gasteiger partial charge in [0.05, 0.1) is 11.1 Å². The summed E-state index contributed by atoms with van der Waals surface area (Å²) in [5.74, 6) is -3.86. The van der Waals surface area contributed by atoms with Gasteiger partial charge in [0.2, 0.25) is 0 Å². The maximum atomic E-state index is 13.5. The first-order valence-corrected chi connectivity index (χ1v) is 11.5. The molecule has 3 aromatic rings. The lowest BCUT2D eigenvalue weighted by Crippen LogP contribution is -2.31. The van der Waals surface area contributed by atoms with E-state index in [1.165, 1.54) is 12.1 Å². The van der Waals surface area contributed by atoms with Crippen LogP contribution in [0.2, 0.25) is 0 Å². The second kappa shape index (κ2) is 11.0. The number of hydrogen-bond donors (Lipinski definition) is 4. The molecule has 0 aliphatic rings. The summed E-state index contributed by atoms with van der Waals surface area (Å²) in [5, 5.41) is 25.1. The Labute approximate surface area is 208 Å². The van der Waals surface area contributed by atoms with Gasteiger partial charge in [-0.2, -0.15) is 0 Å². The number of nitrogens with zero attached hydrogens (tertiary/aromatic N) is 1. The highest BCUT2D eigenvalue weighted by molar-refractivity contribution is 6.24. The lowest BCUT2D eigenvalue weighted by Gasteiger charge is -2.17. The van der Waals surface area contributed by atoms with Gasteiger partial charge in [-0.05, 0) is 62.8 Å².